The molecule has 0 saturated carbocycles. The van der Waals surface area contributed by atoms with Crippen molar-refractivity contribution in [2.75, 3.05) is 19.0 Å². The average molecular weight is 354 g/mol. The monoisotopic (exact) mass is 354 g/mol. The number of carbonyl (C=O) groups is 2. The fourth-order valence-electron chi connectivity index (χ4n) is 2.77. The maximum absolute atomic E-state index is 12.2. The van der Waals surface area contributed by atoms with Gasteiger partial charge in [-0.3, -0.25) is 19.8 Å². The molecular formula is C18H18N4O2S. The first-order valence-electron chi connectivity index (χ1n) is 7.74. The number of thiocarbonyl (C=S) groups is 1. The van der Waals surface area contributed by atoms with Crippen LogP contribution < -0.4 is 10.2 Å². The van der Waals surface area contributed by atoms with Crippen LogP contribution in [-0.4, -0.2) is 40.9 Å². The minimum absolute atomic E-state index is 0.0968. The molecule has 1 fully saturated rings. The Bertz CT molecular complexity index is 949. The number of hydrogen-bond donors (Lipinski definition) is 1. The number of aryl methyl sites for hydroxylation is 1. The Morgan fingerprint density at radius 3 is 2.68 bits per heavy atom. The van der Waals surface area contributed by atoms with E-state index in [4.69, 9.17) is 17.2 Å². The standard InChI is InChI=1S/C18H18N4O2S/c1-10-5-6-12-8-13(16(21(3)4)19-14(12)7-10)9-15-17(24)20-18(25)22(15)11(2)23/h5-9H,1-4H3,(H,20,24,25)/b15-9+. The predicted molar refractivity (Wildman–Crippen MR) is 102 cm³/mol. The number of amides is 2. The van der Waals surface area contributed by atoms with E-state index in [1.165, 1.54) is 11.8 Å². The van der Waals surface area contributed by atoms with Crippen LogP contribution in [0.2, 0.25) is 0 Å². The molecule has 1 aliphatic heterocycles. The summed E-state index contributed by atoms with van der Waals surface area (Å²) in [4.78, 5) is 31.8. The first kappa shape index (κ1) is 17.0. The third-order valence-corrected chi connectivity index (χ3v) is 4.19. The van der Waals surface area contributed by atoms with Crippen molar-refractivity contribution in [3.8, 4) is 0 Å². The van der Waals surface area contributed by atoms with Gasteiger partial charge in [0, 0.05) is 32.0 Å². The van der Waals surface area contributed by atoms with Crippen molar-refractivity contribution in [1.29, 1.82) is 0 Å². The van der Waals surface area contributed by atoms with Gasteiger partial charge in [-0.05, 0) is 42.9 Å². The lowest BCUT2D eigenvalue weighted by atomic mass is 10.1. The third kappa shape index (κ3) is 3.10. The molecule has 2 amide bonds. The Labute approximate surface area is 151 Å². The molecule has 0 atom stereocenters. The topological polar surface area (TPSA) is 65.5 Å². The van der Waals surface area contributed by atoms with Crippen LogP contribution >= 0.6 is 12.2 Å². The Hall–Kier alpha value is -2.80. The van der Waals surface area contributed by atoms with E-state index < -0.39 is 5.91 Å². The molecule has 0 unspecified atom stereocenters. The second-order valence-electron chi connectivity index (χ2n) is 6.14. The summed E-state index contributed by atoms with van der Waals surface area (Å²) in [5, 5.41) is 3.56. The lowest BCUT2D eigenvalue weighted by Gasteiger charge is -2.17. The lowest BCUT2D eigenvalue weighted by molar-refractivity contribution is -0.125. The average Bonchev–Trinajstić information content (AvgIpc) is 2.80. The molecule has 0 aliphatic carbocycles. The van der Waals surface area contributed by atoms with E-state index in [0.717, 1.165) is 22.0 Å². The van der Waals surface area contributed by atoms with Crippen LogP contribution in [0.15, 0.2) is 30.0 Å². The molecule has 2 heterocycles. The van der Waals surface area contributed by atoms with Crippen LogP contribution in [0.5, 0.6) is 0 Å². The number of nitrogens with zero attached hydrogens (tertiary/aromatic N) is 3. The Morgan fingerprint density at radius 1 is 1.32 bits per heavy atom. The molecule has 128 valence electrons. The van der Waals surface area contributed by atoms with Gasteiger partial charge < -0.3 is 4.90 Å². The number of pyridine rings is 1. The van der Waals surface area contributed by atoms with Gasteiger partial charge >= 0.3 is 0 Å². The summed E-state index contributed by atoms with van der Waals surface area (Å²) >= 11 is 5.07. The van der Waals surface area contributed by atoms with Gasteiger partial charge in [0.2, 0.25) is 5.91 Å². The smallest absolute Gasteiger partial charge is 0.274 e. The van der Waals surface area contributed by atoms with Crippen LogP contribution in [0, 0.1) is 6.92 Å². The summed E-state index contributed by atoms with van der Waals surface area (Å²) in [7, 11) is 3.77. The van der Waals surface area contributed by atoms with Crippen molar-refractivity contribution in [2.24, 2.45) is 0 Å². The molecule has 1 aliphatic rings. The molecule has 6 nitrogen and oxygen atoms in total. The summed E-state index contributed by atoms with van der Waals surface area (Å²) in [6.45, 7) is 3.38. The minimum atomic E-state index is -0.395. The first-order chi connectivity index (χ1) is 11.8. The molecule has 1 N–H and O–H groups in total. The zero-order valence-corrected chi connectivity index (χ0v) is 15.3. The molecule has 7 heteroatoms. The maximum Gasteiger partial charge on any atom is 0.274 e. The molecule has 0 bridgehead atoms. The van der Waals surface area contributed by atoms with E-state index in [1.807, 2.05) is 50.2 Å². The Balaban J connectivity index is 2.21. The van der Waals surface area contributed by atoms with E-state index >= 15 is 0 Å². The number of hydrogen-bond acceptors (Lipinski definition) is 5. The normalized spacial score (nSPS) is 15.8. The zero-order valence-electron chi connectivity index (χ0n) is 14.5. The van der Waals surface area contributed by atoms with Crippen LogP contribution in [0.3, 0.4) is 0 Å². The maximum atomic E-state index is 12.2. The fraction of sp³-hybridized carbons (Fsp3) is 0.222. The van der Waals surface area contributed by atoms with E-state index in [-0.39, 0.29) is 16.7 Å². The van der Waals surface area contributed by atoms with Gasteiger partial charge in [-0.25, -0.2) is 4.98 Å². The molecule has 1 aromatic heterocycles. The second kappa shape index (κ2) is 6.25. The zero-order chi connectivity index (χ0) is 18.3. The third-order valence-electron chi connectivity index (χ3n) is 3.91. The largest absolute Gasteiger partial charge is 0.362 e. The lowest BCUT2D eigenvalue weighted by Crippen LogP contribution is -2.31. The molecule has 0 spiro atoms. The summed E-state index contributed by atoms with van der Waals surface area (Å²) < 4.78 is 0. The van der Waals surface area contributed by atoms with Crippen LogP contribution in [0.4, 0.5) is 5.82 Å². The van der Waals surface area contributed by atoms with Crippen molar-refractivity contribution >= 4 is 51.9 Å². The van der Waals surface area contributed by atoms with Crippen molar-refractivity contribution in [3.63, 3.8) is 0 Å². The highest BCUT2D eigenvalue weighted by atomic mass is 32.1. The van der Waals surface area contributed by atoms with Crippen LogP contribution in [0.1, 0.15) is 18.1 Å². The first-order valence-corrected chi connectivity index (χ1v) is 8.15. The summed E-state index contributed by atoms with van der Waals surface area (Å²) in [6, 6.07) is 7.96. The minimum Gasteiger partial charge on any atom is -0.362 e. The van der Waals surface area contributed by atoms with Gasteiger partial charge in [0.1, 0.15) is 11.5 Å². The van der Waals surface area contributed by atoms with Gasteiger partial charge in [0.25, 0.3) is 5.91 Å². The van der Waals surface area contributed by atoms with E-state index in [2.05, 4.69) is 5.32 Å². The predicted octanol–water partition coefficient (Wildman–Crippen LogP) is 2.21. The van der Waals surface area contributed by atoms with Crippen molar-refractivity contribution < 1.29 is 9.59 Å². The Kier molecular flexibility index (Phi) is 4.26. The summed E-state index contributed by atoms with van der Waals surface area (Å²) in [5.41, 5.74) is 2.94. The number of rotatable bonds is 2. The van der Waals surface area contributed by atoms with Gasteiger partial charge in [-0.2, -0.15) is 0 Å². The molecule has 25 heavy (non-hydrogen) atoms. The molecule has 2 aromatic rings. The molecular weight excluding hydrogens is 336 g/mol. The van der Waals surface area contributed by atoms with Crippen molar-refractivity contribution in [3.05, 3.63) is 41.1 Å². The van der Waals surface area contributed by atoms with Gasteiger partial charge in [-0.15, -0.1) is 0 Å². The summed E-state index contributed by atoms with van der Waals surface area (Å²) in [5.74, 6) is -0.000921. The summed E-state index contributed by atoms with van der Waals surface area (Å²) in [6.07, 6.45) is 1.65. The van der Waals surface area contributed by atoms with Gasteiger partial charge in [0.15, 0.2) is 5.11 Å². The van der Waals surface area contributed by atoms with E-state index in [0.29, 0.717) is 5.82 Å². The second-order valence-corrected chi connectivity index (χ2v) is 6.52. The highest BCUT2D eigenvalue weighted by Gasteiger charge is 2.33. The quantitative estimate of drug-likeness (QED) is 0.662. The fourth-order valence-corrected chi connectivity index (χ4v) is 3.09. The van der Waals surface area contributed by atoms with Crippen LogP contribution in [-0.2, 0) is 9.59 Å². The molecule has 3 rings (SSSR count). The van der Waals surface area contributed by atoms with Gasteiger partial charge in [-0.1, -0.05) is 12.1 Å². The number of fused-ring (bicyclic) bond motifs is 1. The number of anilines is 1. The van der Waals surface area contributed by atoms with Gasteiger partial charge in [0.05, 0.1) is 5.52 Å². The molecule has 1 saturated heterocycles. The van der Waals surface area contributed by atoms with Crippen LogP contribution in [0.25, 0.3) is 17.0 Å². The number of nitrogens with one attached hydrogen (secondary N) is 1. The van der Waals surface area contributed by atoms with Crippen molar-refractivity contribution in [2.45, 2.75) is 13.8 Å². The number of benzene rings is 1. The highest BCUT2D eigenvalue weighted by Crippen LogP contribution is 2.27. The van der Waals surface area contributed by atoms with E-state index in [9.17, 15) is 9.59 Å². The van der Waals surface area contributed by atoms with E-state index in [1.54, 1.807) is 6.08 Å². The highest BCUT2D eigenvalue weighted by molar-refractivity contribution is 7.80. The SMILES string of the molecule is CC(=O)N1C(=S)NC(=O)/C1=C\c1cc2ccc(C)cc2nc1N(C)C. The molecule has 0 radical (unpaired) electrons. The number of aromatic nitrogens is 1. The number of carbonyl (C=O) groups excluding carboxylic acids is 2. The Morgan fingerprint density at radius 2 is 2.04 bits per heavy atom. The van der Waals surface area contributed by atoms with Crippen molar-refractivity contribution in [1.82, 2.24) is 15.2 Å². The molecule has 1 aromatic carbocycles.